The van der Waals surface area contributed by atoms with Gasteiger partial charge in [0, 0.05) is 47.6 Å². The molecule has 2 amide bonds. The van der Waals surface area contributed by atoms with Crippen LogP contribution in [0.3, 0.4) is 0 Å². The third-order valence-corrected chi connectivity index (χ3v) is 4.18. The molecule has 1 aromatic heterocycles. The molecule has 1 aliphatic heterocycles. The van der Waals surface area contributed by atoms with E-state index in [-0.39, 0.29) is 18.4 Å². The summed E-state index contributed by atoms with van der Waals surface area (Å²) in [6.45, 7) is 1.95. The first-order valence-electron chi connectivity index (χ1n) is 6.92. The summed E-state index contributed by atoms with van der Waals surface area (Å²) >= 11 is 3.45. The van der Waals surface area contributed by atoms with E-state index in [1.165, 1.54) is 0 Å². The van der Waals surface area contributed by atoms with Crippen LogP contribution in [-0.4, -0.2) is 40.9 Å². The molecule has 6 heteroatoms. The van der Waals surface area contributed by atoms with Gasteiger partial charge in [-0.2, -0.15) is 0 Å². The van der Waals surface area contributed by atoms with Gasteiger partial charge in [0.25, 0.3) is 0 Å². The van der Waals surface area contributed by atoms with Gasteiger partial charge in [0.05, 0.1) is 6.54 Å². The minimum atomic E-state index is -0.0779. The van der Waals surface area contributed by atoms with Gasteiger partial charge in [0.1, 0.15) is 0 Å². The number of piperazine rings is 1. The second kappa shape index (κ2) is 5.89. The molecule has 0 spiro atoms. The second-order valence-electron chi connectivity index (χ2n) is 5.13. The maximum atomic E-state index is 12.2. The maximum absolute atomic E-state index is 12.2. The minimum Gasteiger partial charge on any atom is -0.353 e. The van der Waals surface area contributed by atoms with Crippen molar-refractivity contribution in [2.75, 3.05) is 19.6 Å². The third kappa shape index (κ3) is 3.10. The van der Waals surface area contributed by atoms with Crippen molar-refractivity contribution in [3.63, 3.8) is 0 Å². The van der Waals surface area contributed by atoms with Gasteiger partial charge in [-0.3, -0.25) is 9.59 Å². The summed E-state index contributed by atoms with van der Waals surface area (Å²) in [5.41, 5.74) is 1.11. The molecule has 0 bridgehead atoms. The Labute approximate surface area is 131 Å². The number of hydrogen-bond acceptors (Lipinski definition) is 2. The van der Waals surface area contributed by atoms with Gasteiger partial charge in [-0.1, -0.05) is 15.9 Å². The van der Waals surface area contributed by atoms with Crippen molar-refractivity contribution in [1.29, 1.82) is 0 Å². The third-order valence-electron chi connectivity index (χ3n) is 3.69. The van der Waals surface area contributed by atoms with E-state index in [2.05, 4.69) is 31.9 Å². The van der Waals surface area contributed by atoms with Crippen molar-refractivity contribution in [3.8, 4) is 0 Å². The normalized spacial score (nSPS) is 15.3. The average molecular weight is 350 g/mol. The first-order chi connectivity index (χ1) is 10.1. The Morgan fingerprint density at radius 3 is 3.00 bits per heavy atom. The summed E-state index contributed by atoms with van der Waals surface area (Å²) in [6, 6.07) is 8.13. The molecular formula is C15H16BrN3O2. The molecule has 1 fully saturated rings. The predicted octanol–water partition coefficient (Wildman–Crippen LogP) is 1.75. The quantitative estimate of drug-likeness (QED) is 0.917. The number of aromatic nitrogens is 1. The lowest BCUT2D eigenvalue weighted by atomic mass is 10.2. The fourth-order valence-corrected chi connectivity index (χ4v) is 2.97. The number of rotatable bonds is 3. The highest BCUT2D eigenvalue weighted by Gasteiger charge is 2.20. The lowest BCUT2D eigenvalue weighted by Crippen LogP contribution is -2.50. The van der Waals surface area contributed by atoms with E-state index in [0.29, 0.717) is 26.1 Å². The molecule has 1 aliphatic rings. The number of carbonyl (C=O) groups is 2. The van der Waals surface area contributed by atoms with Crippen molar-refractivity contribution in [2.45, 2.75) is 13.0 Å². The predicted molar refractivity (Wildman–Crippen MR) is 83.8 cm³/mol. The molecule has 110 valence electrons. The molecule has 5 nitrogen and oxygen atoms in total. The first kappa shape index (κ1) is 14.1. The zero-order valence-corrected chi connectivity index (χ0v) is 13.1. The molecule has 0 radical (unpaired) electrons. The Balaban J connectivity index is 1.66. The fraction of sp³-hybridized carbons (Fsp3) is 0.333. The Morgan fingerprint density at radius 1 is 1.33 bits per heavy atom. The highest BCUT2D eigenvalue weighted by atomic mass is 79.9. The van der Waals surface area contributed by atoms with E-state index in [1.807, 2.05) is 24.4 Å². The number of nitrogens with one attached hydrogen (secondary N) is 1. The second-order valence-corrected chi connectivity index (χ2v) is 6.04. The summed E-state index contributed by atoms with van der Waals surface area (Å²) in [6.07, 6.45) is 2.40. The Kier molecular flexibility index (Phi) is 3.96. The van der Waals surface area contributed by atoms with Gasteiger partial charge in [-0.25, -0.2) is 0 Å². The van der Waals surface area contributed by atoms with Crippen LogP contribution < -0.4 is 5.32 Å². The first-order valence-corrected chi connectivity index (χ1v) is 7.72. The smallest absolute Gasteiger partial charge is 0.239 e. The molecule has 0 unspecified atom stereocenters. The fourth-order valence-electron chi connectivity index (χ4n) is 2.59. The molecule has 1 N–H and O–H groups in total. The van der Waals surface area contributed by atoms with Crippen LogP contribution in [0, 0.1) is 0 Å². The topological polar surface area (TPSA) is 54.3 Å². The molecule has 0 aliphatic carbocycles. The van der Waals surface area contributed by atoms with Crippen molar-refractivity contribution in [3.05, 3.63) is 34.9 Å². The van der Waals surface area contributed by atoms with Crippen LogP contribution in [-0.2, 0) is 16.1 Å². The van der Waals surface area contributed by atoms with Crippen molar-refractivity contribution in [2.24, 2.45) is 0 Å². The van der Waals surface area contributed by atoms with E-state index >= 15 is 0 Å². The van der Waals surface area contributed by atoms with Crippen LogP contribution in [0.2, 0.25) is 0 Å². The van der Waals surface area contributed by atoms with Crippen molar-refractivity contribution < 1.29 is 9.59 Å². The SMILES string of the molecule is O=C1CN(C(=O)CCn2ccc3cc(Br)ccc32)CCN1. The molecule has 3 rings (SSSR count). The number of aryl methyl sites for hydroxylation is 1. The largest absolute Gasteiger partial charge is 0.353 e. The Morgan fingerprint density at radius 2 is 2.19 bits per heavy atom. The van der Waals surface area contributed by atoms with Crippen LogP contribution in [0.15, 0.2) is 34.9 Å². The lowest BCUT2D eigenvalue weighted by molar-refractivity contribution is -0.138. The van der Waals surface area contributed by atoms with Crippen molar-refractivity contribution >= 4 is 38.6 Å². The average Bonchev–Trinajstić information content (AvgIpc) is 2.87. The van der Waals surface area contributed by atoms with E-state index in [4.69, 9.17) is 0 Å². The number of nitrogens with zero attached hydrogens (tertiary/aromatic N) is 2. The van der Waals surface area contributed by atoms with E-state index < -0.39 is 0 Å². The van der Waals surface area contributed by atoms with Gasteiger partial charge in [0.15, 0.2) is 0 Å². The standard InChI is InChI=1S/C15H16BrN3O2/c16-12-1-2-13-11(9-12)3-6-18(13)7-4-15(21)19-8-5-17-14(20)10-19/h1-3,6,9H,4-5,7-8,10H2,(H,17,20). The van der Waals surface area contributed by atoms with E-state index in [1.54, 1.807) is 4.90 Å². The number of fused-ring (bicyclic) bond motifs is 1. The zero-order valence-electron chi connectivity index (χ0n) is 11.5. The zero-order chi connectivity index (χ0) is 14.8. The summed E-state index contributed by atoms with van der Waals surface area (Å²) in [5.74, 6) is -0.0466. The summed E-state index contributed by atoms with van der Waals surface area (Å²) in [4.78, 5) is 25.1. The van der Waals surface area contributed by atoms with Crippen LogP contribution in [0.4, 0.5) is 0 Å². The van der Waals surface area contributed by atoms with Gasteiger partial charge >= 0.3 is 0 Å². The van der Waals surface area contributed by atoms with Crippen LogP contribution in [0.25, 0.3) is 10.9 Å². The van der Waals surface area contributed by atoms with Crippen LogP contribution in [0.5, 0.6) is 0 Å². The molecule has 0 atom stereocenters. The molecule has 2 aromatic rings. The van der Waals surface area contributed by atoms with Gasteiger partial charge in [-0.05, 0) is 24.3 Å². The molecule has 0 saturated carbocycles. The highest BCUT2D eigenvalue weighted by molar-refractivity contribution is 9.10. The van der Waals surface area contributed by atoms with E-state index in [9.17, 15) is 9.59 Å². The van der Waals surface area contributed by atoms with E-state index in [0.717, 1.165) is 15.4 Å². The Hall–Kier alpha value is -1.82. The van der Waals surface area contributed by atoms with Gasteiger partial charge in [-0.15, -0.1) is 0 Å². The number of halogens is 1. The molecule has 21 heavy (non-hydrogen) atoms. The van der Waals surface area contributed by atoms with Crippen molar-refractivity contribution in [1.82, 2.24) is 14.8 Å². The van der Waals surface area contributed by atoms with Gasteiger partial charge in [0.2, 0.25) is 11.8 Å². The molecular weight excluding hydrogens is 334 g/mol. The highest BCUT2D eigenvalue weighted by Crippen LogP contribution is 2.21. The van der Waals surface area contributed by atoms with Crippen LogP contribution >= 0.6 is 15.9 Å². The minimum absolute atomic E-state index is 0.0313. The monoisotopic (exact) mass is 349 g/mol. The van der Waals surface area contributed by atoms with Crippen LogP contribution in [0.1, 0.15) is 6.42 Å². The summed E-state index contributed by atoms with van der Waals surface area (Å²) < 4.78 is 3.12. The molecule has 1 aromatic carbocycles. The van der Waals surface area contributed by atoms with Gasteiger partial charge < -0.3 is 14.8 Å². The number of amides is 2. The lowest BCUT2D eigenvalue weighted by Gasteiger charge is -2.26. The summed E-state index contributed by atoms with van der Waals surface area (Å²) in [5, 5.41) is 3.87. The number of benzene rings is 1. The number of hydrogen-bond donors (Lipinski definition) is 1. The molecule has 2 heterocycles. The molecule has 1 saturated heterocycles. The Bertz CT molecular complexity index is 695. The number of carbonyl (C=O) groups excluding carboxylic acids is 2. The maximum Gasteiger partial charge on any atom is 0.239 e. The summed E-state index contributed by atoms with van der Waals surface area (Å²) in [7, 11) is 0.